The first kappa shape index (κ1) is 19.6. The summed E-state index contributed by atoms with van der Waals surface area (Å²) in [6.45, 7) is 2.99. The number of Topliss-reactive ketones (excluding diaryl/α,β-unsaturated/α-hetero) is 1. The van der Waals surface area contributed by atoms with E-state index in [-0.39, 0.29) is 50.7 Å². The average molecular weight is 421 g/mol. The van der Waals surface area contributed by atoms with Crippen LogP contribution < -0.4 is 5.32 Å². The Hall–Kier alpha value is -3.11. The first-order chi connectivity index (χ1) is 13.2. The molecule has 0 atom stereocenters. The molecule has 1 N–H and O–H groups in total. The van der Waals surface area contributed by atoms with Crippen LogP contribution in [0.3, 0.4) is 0 Å². The number of carbonyl (C=O) groups excluding carboxylic acids is 2. The van der Waals surface area contributed by atoms with E-state index in [1.165, 1.54) is 31.2 Å². The van der Waals surface area contributed by atoms with Gasteiger partial charge in [0.05, 0.1) is 22.5 Å². The molecule has 0 aliphatic carbocycles. The molecular weight excluding hydrogens is 408 g/mol. The lowest BCUT2D eigenvalue weighted by Crippen LogP contribution is -2.12. The summed E-state index contributed by atoms with van der Waals surface area (Å²) in [7, 11) is 0. The maximum absolute atomic E-state index is 12.5. The number of amides is 1. The number of hydrogen-bond acceptors (Lipinski definition) is 8. The summed E-state index contributed by atoms with van der Waals surface area (Å²) in [6, 6.07) is 5.59. The van der Waals surface area contributed by atoms with Crippen LogP contribution in [0.2, 0.25) is 5.02 Å². The SMILES string of the molecule is CC(=O)Cc1nsc(NC(=O)c2cc(-c3ccc(Cl)cc3[N+](=O)[O-])oc2C)n1. The van der Waals surface area contributed by atoms with E-state index >= 15 is 0 Å². The minimum atomic E-state index is -0.573. The molecule has 144 valence electrons. The highest BCUT2D eigenvalue weighted by Crippen LogP contribution is 2.34. The van der Waals surface area contributed by atoms with Gasteiger partial charge in [0.2, 0.25) is 5.13 Å². The third kappa shape index (κ3) is 4.24. The molecule has 0 radical (unpaired) electrons. The van der Waals surface area contributed by atoms with Gasteiger partial charge in [-0.1, -0.05) is 11.6 Å². The molecule has 0 saturated carbocycles. The van der Waals surface area contributed by atoms with Crippen LogP contribution in [0.15, 0.2) is 28.7 Å². The van der Waals surface area contributed by atoms with Gasteiger partial charge in [0.25, 0.3) is 11.6 Å². The van der Waals surface area contributed by atoms with E-state index in [0.29, 0.717) is 5.82 Å². The van der Waals surface area contributed by atoms with Gasteiger partial charge in [-0.25, -0.2) is 4.98 Å². The van der Waals surface area contributed by atoms with Gasteiger partial charge in [0.1, 0.15) is 17.3 Å². The Morgan fingerprint density at radius 2 is 2.11 bits per heavy atom. The number of carbonyl (C=O) groups is 2. The van der Waals surface area contributed by atoms with Crippen LogP contribution in [0.25, 0.3) is 11.3 Å². The summed E-state index contributed by atoms with van der Waals surface area (Å²) in [5, 5.41) is 14.3. The number of nitrogens with zero attached hydrogens (tertiary/aromatic N) is 3. The van der Waals surface area contributed by atoms with E-state index in [0.717, 1.165) is 11.5 Å². The van der Waals surface area contributed by atoms with Crippen molar-refractivity contribution in [3.8, 4) is 11.3 Å². The van der Waals surface area contributed by atoms with Gasteiger partial charge in [-0.3, -0.25) is 25.0 Å². The monoisotopic (exact) mass is 420 g/mol. The molecule has 0 aliphatic heterocycles. The Balaban J connectivity index is 1.86. The van der Waals surface area contributed by atoms with Gasteiger partial charge in [-0.2, -0.15) is 4.37 Å². The van der Waals surface area contributed by atoms with Crippen LogP contribution >= 0.6 is 23.1 Å². The second-order valence-electron chi connectivity index (χ2n) is 5.85. The molecule has 0 spiro atoms. The molecule has 9 nitrogen and oxygen atoms in total. The number of hydrogen-bond donors (Lipinski definition) is 1. The number of halogens is 1. The zero-order valence-corrected chi connectivity index (χ0v) is 16.3. The molecule has 0 saturated heterocycles. The molecule has 1 aromatic carbocycles. The predicted octanol–water partition coefficient (Wildman–Crippen LogP) is 4.05. The van der Waals surface area contributed by atoms with Gasteiger partial charge in [-0.05, 0) is 32.0 Å². The number of aromatic nitrogens is 2. The highest BCUT2D eigenvalue weighted by molar-refractivity contribution is 7.09. The summed E-state index contributed by atoms with van der Waals surface area (Å²) in [6.07, 6.45) is 0.0848. The van der Waals surface area contributed by atoms with Crippen LogP contribution in [0.5, 0.6) is 0 Å². The van der Waals surface area contributed by atoms with E-state index in [1.807, 2.05) is 0 Å². The molecule has 28 heavy (non-hydrogen) atoms. The molecule has 0 unspecified atom stereocenters. The number of furan rings is 1. The Kier molecular flexibility index (Phi) is 5.52. The van der Waals surface area contributed by atoms with Crippen molar-refractivity contribution in [3.05, 3.63) is 56.6 Å². The van der Waals surface area contributed by atoms with Gasteiger partial charge in [0, 0.05) is 22.6 Å². The van der Waals surface area contributed by atoms with E-state index in [1.54, 1.807) is 6.92 Å². The number of anilines is 1. The van der Waals surface area contributed by atoms with Crippen LogP contribution in [-0.4, -0.2) is 26.0 Å². The van der Waals surface area contributed by atoms with Gasteiger partial charge < -0.3 is 4.42 Å². The number of rotatable bonds is 6. The zero-order chi connectivity index (χ0) is 20.4. The van der Waals surface area contributed by atoms with Crippen molar-refractivity contribution in [1.29, 1.82) is 0 Å². The summed E-state index contributed by atoms with van der Waals surface area (Å²) in [5.74, 6) is 0.185. The maximum Gasteiger partial charge on any atom is 0.281 e. The van der Waals surface area contributed by atoms with Crippen LogP contribution in [-0.2, 0) is 11.2 Å². The van der Waals surface area contributed by atoms with Crippen molar-refractivity contribution in [2.75, 3.05) is 5.32 Å². The first-order valence-electron chi connectivity index (χ1n) is 7.92. The van der Waals surface area contributed by atoms with Crippen molar-refractivity contribution < 1.29 is 18.9 Å². The molecular formula is C17H13ClN4O5S. The van der Waals surface area contributed by atoms with Gasteiger partial charge in [-0.15, -0.1) is 0 Å². The molecule has 0 bridgehead atoms. The fourth-order valence-corrected chi connectivity index (χ4v) is 3.22. The fraction of sp³-hybridized carbons (Fsp3) is 0.176. The lowest BCUT2D eigenvalue weighted by molar-refractivity contribution is -0.384. The Labute approximate surface area is 167 Å². The minimum Gasteiger partial charge on any atom is -0.460 e. The van der Waals surface area contributed by atoms with Gasteiger partial charge >= 0.3 is 0 Å². The van der Waals surface area contributed by atoms with E-state index in [9.17, 15) is 19.7 Å². The minimum absolute atomic E-state index is 0.0848. The predicted molar refractivity (Wildman–Crippen MR) is 103 cm³/mol. The van der Waals surface area contributed by atoms with Crippen molar-refractivity contribution in [1.82, 2.24) is 9.36 Å². The highest BCUT2D eigenvalue weighted by Gasteiger charge is 2.23. The molecule has 1 amide bonds. The highest BCUT2D eigenvalue weighted by atomic mass is 35.5. The summed E-state index contributed by atoms with van der Waals surface area (Å²) < 4.78 is 9.56. The number of ketones is 1. The van der Waals surface area contributed by atoms with E-state index in [2.05, 4.69) is 14.7 Å². The number of nitro groups is 1. The standard InChI is InChI=1S/C17H13ClN4O5S/c1-8(23)5-15-19-17(28-21-15)20-16(24)12-7-14(27-9(12)2)11-4-3-10(18)6-13(11)22(25)26/h3-4,6-7H,5H2,1-2H3,(H,19,20,21,24). The smallest absolute Gasteiger partial charge is 0.281 e. The van der Waals surface area contributed by atoms with Crippen LogP contribution in [0, 0.1) is 17.0 Å². The number of nitrogens with one attached hydrogen (secondary N) is 1. The third-order valence-electron chi connectivity index (χ3n) is 3.68. The largest absolute Gasteiger partial charge is 0.460 e. The van der Waals surface area contributed by atoms with Crippen molar-refractivity contribution in [2.45, 2.75) is 20.3 Å². The molecule has 2 aromatic heterocycles. The summed E-state index contributed by atoms with van der Waals surface area (Å²) in [4.78, 5) is 38.4. The third-order valence-corrected chi connectivity index (χ3v) is 4.58. The maximum atomic E-state index is 12.5. The summed E-state index contributed by atoms with van der Waals surface area (Å²) >= 11 is 6.78. The fourth-order valence-electron chi connectivity index (χ4n) is 2.47. The van der Waals surface area contributed by atoms with Crippen LogP contribution in [0.1, 0.15) is 28.9 Å². The summed E-state index contributed by atoms with van der Waals surface area (Å²) in [5.41, 5.74) is 0.171. The van der Waals surface area contributed by atoms with Crippen molar-refractivity contribution in [2.24, 2.45) is 0 Å². The Morgan fingerprint density at radius 1 is 1.36 bits per heavy atom. The Morgan fingerprint density at radius 3 is 2.79 bits per heavy atom. The van der Waals surface area contributed by atoms with Crippen molar-refractivity contribution in [3.63, 3.8) is 0 Å². The number of benzene rings is 1. The van der Waals surface area contributed by atoms with Crippen LogP contribution in [0.4, 0.5) is 10.8 Å². The second kappa shape index (κ2) is 7.87. The molecule has 0 fully saturated rings. The number of nitro benzene ring substituents is 1. The molecule has 3 rings (SSSR count). The zero-order valence-electron chi connectivity index (χ0n) is 14.7. The van der Waals surface area contributed by atoms with E-state index in [4.69, 9.17) is 16.0 Å². The molecule has 0 aliphatic rings. The average Bonchev–Trinajstić information content (AvgIpc) is 3.20. The molecule has 11 heteroatoms. The normalized spacial score (nSPS) is 10.7. The van der Waals surface area contributed by atoms with Crippen molar-refractivity contribution >= 4 is 45.6 Å². The van der Waals surface area contributed by atoms with Gasteiger partial charge in [0.15, 0.2) is 5.82 Å². The lowest BCUT2D eigenvalue weighted by atomic mass is 10.1. The Bertz CT molecular complexity index is 1090. The first-order valence-corrected chi connectivity index (χ1v) is 9.08. The quantitative estimate of drug-likeness (QED) is 0.470. The van der Waals surface area contributed by atoms with E-state index < -0.39 is 10.8 Å². The molecule has 3 aromatic rings. The topological polar surface area (TPSA) is 128 Å². The second-order valence-corrected chi connectivity index (χ2v) is 7.04. The lowest BCUT2D eigenvalue weighted by Gasteiger charge is -2.00. The number of aryl methyl sites for hydroxylation is 1. The molecule has 2 heterocycles.